The van der Waals surface area contributed by atoms with Gasteiger partial charge in [0.2, 0.25) is 10.0 Å². The first-order valence-electron chi connectivity index (χ1n) is 8.15. The van der Waals surface area contributed by atoms with Gasteiger partial charge in [-0.1, -0.05) is 30.3 Å². The van der Waals surface area contributed by atoms with Crippen molar-refractivity contribution in [1.29, 1.82) is 0 Å². The summed E-state index contributed by atoms with van der Waals surface area (Å²) in [5, 5.41) is 4.37. The molecule has 0 aliphatic carbocycles. The first-order chi connectivity index (χ1) is 12.5. The molecule has 2 heterocycles. The second-order valence-electron chi connectivity index (χ2n) is 5.76. The van der Waals surface area contributed by atoms with Crippen LogP contribution in [0.3, 0.4) is 0 Å². The minimum atomic E-state index is -3.49. The molecular formula is C18H19N3O3S2. The molecule has 0 unspecified atom stereocenters. The fraction of sp³-hybridized carbons (Fsp3) is 0.222. The molecule has 8 heteroatoms. The third kappa shape index (κ3) is 4.46. The Balaban J connectivity index is 1.62. The molecule has 0 saturated carbocycles. The molecule has 136 valence electrons. The van der Waals surface area contributed by atoms with Crippen molar-refractivity contribution in [3.05, 3.63) is 69.8 Å². The van der Waals surface area contributed by atoms with E-state index in [1.54, 1.807) is 18.2 Å². The normalized spacial score (nSPS) is 11.6. The van der Waals surface area contributed by atoms with E-state index in [0.717, 1.165) is 10.4 Å². The second kappa shape index (κ2) is 7.94. The lowest BCUT2D eigenvalue weighted by atomic mass is 10.1. The Hall–Kier alpha value is -2.29. The number of sulfonamides is 1. The number of nitrogens with one attached hydrogen (secondary N) is 1. The summed E-state index contributed by atoms with van der Waals surface area (Å²) >= 11 is 1.23. The molecule has 1 N–H and O–H groups in total. The quantitative estimate of drug-likeness (QED) is 0.630. The largest absolute Gasteiger partial charge is 0.268 e. The standard InChI is InChI=1S/C18H19N3O3S2/c1-14-8-11-18(25-14)26(23,24)19-12-5-13-21-17(22)10-9-16(20-21)15-6-3-2-4-7-15/h2-4,6-11,19H,5,12-13H2,1H3. The summed E-state index contributed by atoms with van der Waals surface area (Å²) in [5.74, 6) is 0. The fourth-order valence-corrected chi connectivity index (χ4v) is 4.84. The van der Waals surface area contributed by atoms with Gasteiger partial charge < -0.3 is 0 Å². The van der Waals surface area contributed by atoms with Crippen LogP contribution in [0.2, 0.25) is 0 Å². The average molecular weight is 390 g/mol. The van der Waals surface area contributed by atoms with Crippen LogP contribution < -0.4 is 10.3 Å². The van der Waals surface area contributed by atoms with Gasteiger partial charge in [-0.05, 0) is 31.5 Å². The Morgan fingerprint density at radius 2 is 1.85 bits per heavy atom. The summed E-state index contributed by atoms with van der Waals surface area (Å²) in [7, 11) is -3.49. The van der Waals surface area contributed by atoms with E-state index in [9.17, 15) is 13.2 Å². The van der Waals surface area contributed by atoms with Gasteiger partial charge in [-0.3, -0.25) is 4.79 Å². The van der Waals surface area contributed by atoms with E-state index in [1.807, 2.05) is 37.3 Å². The van der Waals surface area contributed by atoms with E-state index in [4.69, 9.17) is 0 Å². The van der Waals surface area contributed by atoms with Crippen LogP contribution in [0.4, 0.5) is 0 Å². The summed E-state index contributed by atoms with van der Waals surface area (Å²) in [6, 6.07) is 16.1. The average Bonchev–Trinajstić information content (AvgIpc) is 3.08. The molecule has 0 bridgehead atoms. The maximum absolute atomic E-state index is 12.2. The maximum Gasteiger partial charge on any atom is 0.266 e. The first kappa shape index (κ1) is 18.5. The zero-order valence-corrected chi connectivity index (χ0v) is 15.9. The molecule has 0 aliphatic rings. The Morgan fingerprint density at radius 3 is 2.54 bits per heavy atom. The second-order valence-corrected chi connectivity index (χ2v) is 9.04. The fourth-order valence-electron chi connectivity index (χ4n) is 2.44. The highest BCUT2D eigenvalue weighted by Gasteiger charge is 2.15. The van der Waals surface area contributed by atoms with E-state index in [2.05, 4.69) is 9.82 Å². The minimum absolute atomic E-state index is 0.207. The maximum atomic E-state index is 12.2. The summed E-state index contributed by atoms with van der Waals surface area (Å²) in [6.45, 7) is 2.44. The molecule has 0 amide bonds. The van der Waals surface area contributed by atoms with E-state index in [-0.39, 0.29) is 12.1 Å². The van der Waals surface area contributed by atoms with Gasteiger partial charge in [-0.15, -0.1) is 11.3 Å². The predicted molar refractivity (Wildman–Crippen MR) is 103 cm³/mol. The van der Waals surface area contributed by atoms with Crippen LogP contribution in [0.25, 0.3) is 11.3 Å². The molecule has 0 radical (unpaired) electrons. The SMILES string of the molecule is Cc1ccc(S(=O)(=O)NCCCn2nc(-c3ccccc3)ccc2=O)s1. The van der Waals surface area contributed by atoms with Gasteiger partial charge in [0, 0.05) is 29.6 Å². The Bertz CT molecular complexity index is 1040. The number of thiophene rings is 1. The molecule has 1 aromatic carbocycles. The van der Waals surface area contributed by atoms with E-state index < -0.39 is 10.0 Å². The highest BCUT2D eigenvalue weighted by atomic mass is 32.2. The number of aryl methyl sites for hydroxylation is 2. The van der Waals surface area contributed by atoms with E-state index in [0.29, 0.717) is 22.9 Å². The van der Waals surface area contributed by atoms with E-state index >= 15 is 0 Å². The highest BCUT2D eigenvalue weighted by molar-refractivity contribution is 7.91. The van der Waals surface area contributed by atoms with Gasteiger partial charge in [0.25, 0.3) is 5.56 Å². The smallest absolute Gasteiger partial charge is 0.266 e. The van der Waals surface area contributed by atoms with Gasteiger partial charge in [-0.25, -0.2) is 17.8 Å². The molecule has 0 saturated heterocycles. The van der Waals surface area contributed by atoms with Crippen LogP contribution in [0.1, 0.15) is 11.3 Å². The molecule has 3 aromatic rings. The predicted octanol–water partition coefficient (Wildman–Crippen LogP) is 2.65. The van der Waals surface area contributed by atoms with Crippen molar-refractivity contribution >= 4 is 21.4 Å². The zero-order valence-electron chi connectivity index (χ0n) is 14.3. The zero-order chi connectivity index (χ0) is 18.6. The van der Waals surface area contributed by atoms with Gasteiger partial charge in [0.1, 0.15) is 4.21 Å². The molecular weight excluding hydrogens is 370 g/mol. The molecule has 0 atom stereocenters. The number of benzene rings is 1. The third-order valence-corrected chi connectivity index (χ3v) is 6.71. The molecule has 26 heavy (non-hydrogen) atoms. The summed E-state index contributed by atoms with van der Waals surface area (Å²) in [5.41, 5.74) is 1.43. The monoisotopic (exact) mass is 389 g/mol. The number of nitrogens with zero attached hydrogens (tertiary/aromatic N) is 2. The molecule has 6 nitrogen and oxygen atoms in total. The summed E-state index contributed by atoms with van der Waals surface area (Å²) in [6.07, 6.45) is 0.467. The van der Waals surface area contributed by atoms with E-state index in [1.165, 1.54) is 22.1 Å². The van der Waals surface area contributed by atoms with Crippen molar-refractivity contribution in [3.63, 3.8) is 0 Å². The lowest BCUT2D eigenvalue weighted by Crippen LogP contribution is -2.27. The van der Waals surface area contributed by atoms with Crippen LogP contribution in [-0.4, -0.2) is 24.7 Å². The van der Waals surface area contributed by atoms with Gasteiger partial charge in [0.15, 0.2) is 0 Å². The lowest BCUT2D eigenvalue weighted by Gasteiger charge is -2.08. The van der Waals surface area contributed by atoms with Crippen molar-refractivity contribution in [2.75, 3.05) is 6.54 Å². The minimum Gasteiger partial charge on any atom is -0.268 e. The number of rotatable bonds is 7. The van der Waals surface area contributed by atoms with Crippen molar-refractivity contribution in [3.8, 4) is 11.3 Å². The summed E-state index contributed by atoms with van der Waals surface area (Å²) in [4.78, 5) is 12.9. The van der Waals surface area contributed by atoms with Crippen LogP contribution in [-0.2, 0) is 16.6 Å². The molecule has 2 aromatic heterocycles. The molecule has 0 spiro atoms. The lowest BCUT2D eigenvalue weighted by molar-refractivity contribution is 0.537. The van der Waals surface area contributed by atoms with Crippen molar-refractivity contribution < 1.29 is 8.42 Å². The Morgan fingerprint density at radius 1 is 1.08 bits per heavy atom. The molecule has 3 rings (SSSR count). The van der Waals surface area contributed by atoms with Gasteiger partial charge in [-0.2, -0.15) is 5.10 Å². The van der Waals surface area contributed by atoms with Crippen molar-refractivity contribution in [2.45, 2.75) is 24.1 Å². The Labute approximate surface area is 156 Å². The van der Waals surface area contributed by atoms with Crippen molar-refractivity contribution in [1.82, 2.24) is 14.5 Å². The number of aromatic nitrogens is 2. The molecule has 0 fully saturated rings. The van der Waals surface area contributed by atoms with Gasteiger partial charge >= 0.3 is 0 Å². The third-order valence-electron chi connectivity index (χ3n) is 3.76. The van der Waals surface area contributed by atoms with Crippen molar-refractivity contribution in [2.24, 2.45) is 0 Å². The van der Waals surface area contributed by atoms with Crippen LogP contribution in [0.5, 0.6) is 0 Å². The number of hydrogen-bond donors (Lipinski definition) is 1. The van der Waals surface area contributed by atoms with Gasteiger partial charge in [0.05, 0.1) is 5.69 Å². The Kier molecular flexibility index (Phi) is 5.65. The molecule has 0 aliphatic heterocycles. The summed E-state index contributed by atoms with van der Waals surface area (Å²) < 4.78 is 28.6. The van der Waals surface area contributed by atoms with Crippen LogP contribution >= 0.6 is 11.3 Å². The highest BCUT2D eigenvalue weighted by Crippen LogP contribution is 2.20. The topological polar surface area (TPSA) is 81.1 Å². The first-order valence-corrected chi connectivity index (χ1v) is 10.5. The van der Waals surface area contributed by atoms with Crippen LogP contribution in [0, 0.1) is 6.92 Å². The van der Waals surface area contributed by atoms with Crippen LogP contribution in [0.15, 0.2) is 63.6 Å². The number of hydrogen-bond acceptors (Lipinski definition) is 5.